The van der Waals surface area contributed by atoms with Crippen molar-refractivity contribution in [2.24, 2.45) is 51.8 Å². The van der Waals surface area contributed by atoms with Crippen molar-refractivity contribution >= 4 is 11.6 Å². The molecule has 0 amide bonds. The highest BCUT2D eigenvalue weighted by Crippen LogP contribution is 2.68. The van der Waals surface area contributed by atoms with Gasteiger partial charge in [0.2, 0.25) is 0 Å². The van der Waals surface area contributed by atoms with Crippen LogP contribution in [0.4, 0.5) is 0 Å². The minimum Gasteiger partial charge on any atom is -0.299 e. The van der Waals surface area contributed by atoms with Gasteiger partial charge in [-0.2, -0.15) is 0 Å². The third-order valence-corrected chi connectivity index (χ3v) is 10.6. The molecule has 0 N–H and O–H groups in total. The summed E-state index contributed by atoms with van der Waals surface area (Å²) in [4.78, 5) is 26.1. The minimum absolute atomic E-state index is 0.145. The topological polar surface area (TPSA) is 34.1 Å². The van der Waals surface area contributed by atoms with Crippen molar-refractivity contribution in [2.75, 3.05) is 0 Å². The molecule has 0 aromatic rings. The van der Waals surface area contributed by atoms with E-state index in [4.69, 9.17) is 0 Å². The fraction of sp³-hybridized carbons (Fsp3) is 0.862. The highest BCUT2D eigenvalue weighted by atomic mass is 16.1. The molecule has 31 heavy (non-hydrogen) atoms. The summed E-state index contributed by atoms with van der Waals surface area (Å²) in [5.74, 6) is 4.29. The van der Waals surface area contributed by atoms with Crippen LogP contribution in [0.5, 0.6) is 0 Å². The summed E-state index contributed by atoms with van der Waals surface area (Å²) in [7, 11) is 0. The molecule has 0 saturated heterocycles. The predicted octanol–water partition coefficient (Wildman–Crippen LogP) is 7.41. The van der Waals surface area contributed by atoms with Crippen LogP contribution >= 0.6 is 0 Å². The number of allylic oxidation sites excluding steroid dienone is 2. The van der Waals surface area contributed by atoms with E-state index in [2.05, 4.69) is 54.5 Å². The summed E-state index contributed by atoms with van der Waals surface area (Å²) < 4.78 is 0. The molecular formula is C29H46O2. The number of carbonyl (C=O) groups is 2. The van der Waals surface area contributed by atoms with Crippen LogP contribution in [0.1, 0.15) is 106 Å². The van der Waals surface area contributed by atoms with Crippen LogP contribution in [0.15, 0.2) is 11.6 Å². The van der Waals surface area contributed by atoms with Gasteiger partial charge in [0, 0.05) is 24.2 Å². The number of ketones is 2. The molecule has 0 aromatic carbocycles. The average Bonchev–Trinajstić information content (AvgIpc) is 2.95. The maximum atomic E-state index is 13.4. The summed E-state index contributed by atoms with van der Waals surface area (Å²) in [6, 6.07) is 0. The molecule has 0 bridgehead atoms. The molecule has 4 aliphatic rings. The molecule has 3 fully saturated rings. The molecule has 0 aromatic heterocycles. The highest BCUT2D eigenvalue weighted by Gasteiger charge is 2.63. The molecule has 7 atom stereocenters. The number of hydrogen-bond acceptors (Lipinski definition) is 2. The Bertz CT molecular complexity index is 774. The van der Waals surface area contributed by atoms with E-state index in [1.165, 1.54) is 37.7 Å². The van der Waals surface area contributed by atoms with Crippen molar-refractivity contribution in [3.05, 3.63) is 11.6 Å². The lowest BCUT2D eigenvalue weighted by atomic mass is 9.44. The zero-order valence-corrected chi connectivity index (χ0v) is 21.2. The van der Waals surface area contributed by atoms with Crippen molar-refractivity contribution in [2.45, 2.75) is 106 Å². The molecule has 1 unspecified atom stereocenters. The number of carbonyl (C=O) groups excluding carboxylic acids is 2. The van der Waals surface area contributed by atoms with E-state index in [0.717, 1.165) is 31.6 Å². The smallest absolute Gasteiger partial charge is 0.142 e. The van der Waals surface area contributed by atoms with E-state index in [1.807, 2.05) is 0 Å². The second-order valence-electron chi connectivity index (χ2n) is 13.2. The van der Waals surface area contributed by atoms with Gasteiger partial charge in [-0.3, -0.25) is 9.59 Å². The molecule has 174 valence electrons. The van der Waals surface area contributed by atoms with Crippen molar-refractivity contribution < 1.29 is 9.59 Å². The standard InChI is InChI=1S/C29H46O2/c1-18(2)9-8-10-19(3)26-23(30)17-22-20-11-12-24-27(4,5)25(31)14-16-28(24,6)21(20)13-15-29(22,26)7/h12,18-22,26H,8-11,13-17H2,1-7H3/t19?,20-,21+,22+,26+,28-,29+/m1/s1. The molecule has 2 nitrogen and oxygen atoms in total. The van der Waals surface area contributed by atoms with Gasteiger partial charge in [-0.25, -0.2) is 0 Å². The van der Waals surface area contributed by atoms with Gasteiger partial charge < -0.3 is 0 Å². The summed E-state index contributed by atoms with van der Waals surface area (Å²) in [6.45, 7) is 16.2. The lowest BCUT2D eigenvalue weighted by molar-refractivity contribution is -0.132. The lowest BCUT2D eigenvalue weighted by Gasteiger charge is -2.59. The molecule has 0 aliphatic heterocycles. The van der Waals surface area contributed by atoms with Gasteiger partial charge >= 0.3 is 0 Å². The van der Waals surface area contributed by atoms with E-state index >= 15 is 0 Å². The first kappa shape index (κ1) is 23.2. The fourth-order valence-corrected chi connectivity index (χ4v) is 9.03. The number of Topliss-reactive ketones (excluding diaryl/α,β-unsaturated/α-hetero) is 2. The molecule has 3 saturated carbocycles. The van der Waals surface area contributed by atoms with Crippen LogP contribution in [0.25, 0.3) is 0 Å². The zero-order chi connectivity index (χ0) is 22.8. The van der Waals surface area contributed by atoms with Crippen LogP contribution < -0.4 is 0 Å². The quantitative estimate of drug-likeness (QED) is 0.429. The van der Waals surface area contributed by atoms with E-state index in [9.17, 15) is 9.59 Å². The van der Waals surface area contributed by atoms with Gasteiger partial charge in [-0.1, -0.05) is 59.1 Å². The summed E-state index contributed by atoms with van der Waals surface area (Å²) in [5.41, 5.74) is 1.43. The lowest BCUT2D eigenvalue weighted by Crippen LogP contribution is -2.53. The van der Waals surface area contributed by atoms with E-state index in [-0.39, 0.29) is 22.2 Å². The Balaban J connectivity index is 1.59. The Morgan fingerprint density at radius 2 is 1.71 bits per heavy atom. The molecule has 0 heterocycles. The van der Waals surface area contributed by atoms with Crippen molar-refractivity contribution in [1.29, 1.82) is 0 Å². The van der Waals surface area contributed by atoms with Gasteiger partial charge in [0.05, 0.1) is 0 Å². The summed E-state index contributed by atoms with van der Waals surface area (Å²) >= 11 is 0. The number of rotatable bonds is 5. The molecule has 4 rings (SSSR count). The second-order valence-corrected chi connectivity index (χ2v) is 13.2. The molecule has 0 radical (unpaired) electrons. The van der Waals surface area contributed by atoms with Crippen molar-refractivity contribution in [1.82, 2.24) is 0 Å². The molecule has 0 spiro atoms. The summed E-state index contributed by atoms with van der Waals surface area (Å²) in [5, 5.41) is 0. The van der Waals surface area contributed by atoms with E-state index < -0.39 is 0 Å². The van der Waals surface area contributed by atoms with E-state index in [1.54, 1.807) is 0 Å². The Morgan fingerprint density at radius 3 is 2.39 bits per heavy atom. The first-order valence-electron chi connectivity index (χ1n) is 13.2. The minimum atomic E-state index is -0.308. The highest BCUT2D eigenvalue weighted by molar-refractivity contribution is 5.89. The van der Waals surface area contributed by atoms with Crippen LogP contribution in [0.2, 0.25) is 0 Å². The Morgan fingerprint density at radius 1 is 1.00 bits per heavy atom. The second kappa shape index (κ2) is 7.84. The van der Waals surface area contributed by atoms with Crippen molar-refractivity contribution in [3.63, 3.8) is 0 Å². The van der Waals surface area contributed by atoms with Crippen LogP contribution in [0, 0.1) is 51.8 Å². The normalized spacial score (nSPS) is 42.6. The molecule has 4 aliphatic carbocycles. The molecule has 2 heteroatoms. The Hall–Kier alpha value is -0.920. The number of hydrogen-bond donors (Lipinski definition) is 0. The van der Waals surface area contributed by atoms with Gasteiger partial charge in [-0.15, -0.1) is 0 Å². The zero-order valence-electron chi connectivity index (χ0n) is 21.2. The van der Waals surface area contributed by atoms with Crippen LogP contribution in [-0.2, 0) is 9.59 Å². The SMILES string of the molecule is CC(C)CCCC(C)[C@H]1C(=O)C[C@H]2[C@@H]3CC=C4C(C)(C)C(=O)CC[C@]4(C)[C@H]3CC[C@]12C. The Kier molecular flexibility index (Phi) is 5.88. The first-order valence-corrected chi connectivity index (χ1v) is 13.2. The largest absolute Gasteiger partial charge is 0.299 e. The van der Waals surface area contributed by atoms with Gasteiger partial charge in [0.15, 0.2) is 0 Å². The van der Waals surface area contributed by atoms with Crippen LogP contribution in [0.3, 0.4) is 0 Å². The maximum Gasteiger partial charge on any atom is 0.142 e. The number of fused-ring (bicyclic) bond motifs is 5. The first-order chi connectivity index (χ1) is 14.4. The predicted molar refractivity (Wildman–Crippen MR) is 128 cm³/mol. The maximum absolute atomic E-state index is 13.4. The van der Waals surface area contributed by atoms with Crippen LogP contribution in [-0.4, -0.2) is 11.6 Å². The van der Waals surface area contributed by atoms with E-state index in [0.29, 0.717) is 35.2 Å². The average molecular weight is 427 g/mol. The Labute approximate surface area is 191 Å². The van der Waals surface area contributed by atoms with Crippen molar-refractivity contribution in [3.8, 4) is 0 Å². The third kappa shape index (κ3) is 3.50. The van der Waals surface area contributed by atoms with Gasteiger partial charge in [0.25, 0.3) is 0 Å². The van der Waals surface area contributed by atoms with Gasteiger partial charge in [-0.05, 0) is 86.4 Å². The third-order valence-electron chi connectivity index (χ3n) is 10.6. The molecular weight excluding hydrogens is 380 g/mol. The summed E-state index contributed by atoms with van der Waals surface area (Å²) in [6.07, 6.45) is 12.2. The van der Waals surface area contributed by atoms with Gasteiger partial charge in [0.1, 0.15) is 11.6 Å². The monoisotopic (exact) mass is 426 g/mol. The fourth-order valence-electron chi connectivity index (χ4n) is 9.03.